The van der Waals surface area contributed by atoms with E-state index in [1.807, 2.05) is 30.3 Å². The number of ether oxygens (including phenoxy) is 4. The van der Waals surface area contributed by atoms with E-state index in [0.717, 1.165) is 10.0 Å². The lowest BCUT2D eigenvalue weighted by molar-refractivity contribution is 0.0512. The third-order valence-electron chi connectivity index (χ3n) is 9.76. The molecule has 2 atom stereocenters. The number of aromatic nitrogens is 6. The normalized spacial score (nSPS) is 12.3. The van der Waals surface area contributed by atoms with Gasteiger partial charge in [-0.25, -0.2) is 39.5 Å². The summed E-state index contributed by atoms with van der Waals surface area (Å²) in [6.07, 6.45) is 8.09. The highest BCUT2D eigenvalue weighted by molar-refractivity contribution is 9.10. The molecule has 8 rings (SSSR count). The van der Waals surface area contributed by atoms with Gasteiger partial charge in [-0.3, -0.25) is 0 Å². The first kappa shape index (κ1) is 50.5. The fourth-order valence-corrected chi connectivity index (χ4v) is 6.67. The highest BCUT2D eigenvalue weighted by atomic mass is 79.9. The molecule has 0 spiro atoms. The van der Waals surface area contributed by atoms with Crippen LogP contribution in [0.15, 0.2) is 111 Å². The number of rotatable bonds is 10. The Bertz CT molecular complexity index is 3250. The van der Waals surface area contributed by atoms with Gasteiger partial charge in [0, 0.05) is 44.1 Å². The van der Waals surface area contributed by atoms with Gasteiger partial charge in [0.1, 0.15) is 23.0 Å². The molecule has 0 fully saturated rings. The second kappa shape index (κ2) is 22.2. The molecule has 2 N–H and O–H groups in total. The van der Waals surface area contributed by atoms with Crippen LogP contribution in [0.25, 0.3) is 44.6 Å². The predicted octanol–water partition coefficient (Wildman–Crippen LogP) is 9.11. The molecule has 16 nitrogen and oxygen atoms in total. The van der Waals surface area contributed by atoms with Crippen molar-refractivity contribution in [2.24, 2.45) is 0 Å². The van der Waals surface area contributed by atoms with Gasteiger partial charge in [0.15, 0.2) is 34.2 Å². The quantitative estimate of drug-likeness (QED) is 0.0965. The molecule has 4 aromatic heterocycles. The van der Waals surface area contributed by atoms with Crippen LogP contribution >= 0.6 is 15.9 Å². The molecule has 0 bridgehead atoms. The summed E-state index contributed by atoms with van der Waals surface area (Å²) in [5.74, 6) is 10.5. The molecule has 4 heterocycles. The number of aliphatic hydroxyl groups is 2. The lowest BCUT2D eigenvalue weighted by Crippen LogP contribution is -2.18. The van der Waals surface area contributed by atoms with E-state index >= 15 is 0 Å². The number of carbonyl (C=O) groups excluding carboxylic acids is 2. The van der Waals surface area contributed by atoms with E-state index in [1.54, 1.807) is 96.5 Å². The minimum atomic E-state index is -1.56. The van der Waals surface area contributed by atoms with Crippen LogP contribution in [0.1, 0.15) is 77.5 Å². The number of halogens is 1. The van der Waals surface area contributed by atoms with Gasteiger partial charge in [-0.15, -0.1) is 6.42 Å². The Labute approximate surface area is 406 Å². The van der Waals surface area contributed by atoms with E-state index in [1.165, 1.54) is 26.2 Å². The fourth-order valence-electron chi connectivity index (χ4n) is 6.27. The second-order valence-corrected chi connectivity index (χ2v) is 16.1. The molecule has 0 radical (unpaired) electrons. The molecule has 0 saturated carbocycles. The maximum atomic E-state index is 12.6. The van der Waals surface area contributed by atoms with E-state index in [0.29, 0.717) is 67.6 Å². The average Bonchev–Trinajstić information content (AvgIpc) is 4.02. The van der Waals surface area contributed by atoms with Crippen LogP contribution in [0, 0.1) is 38.0 Å². The lowest BCUT2D eigenvalue weighted by Gasteiger charge is -2.11. The molecule has 0 aliphatic rings. The maximum absolute atomic E-state index is 12.6. The number of carbonyl (C=O) groups is 2. The summed E-state index contributed by atoms with van der Waals surface area (Å²) in [4.78, 5) is 50.9. The molecular weight excluding hydrogens is 949 g/mol. The zero-order valence-electron chi connectivity index (χ0n) is 39.0. The van der Waals surface area contributed by atoms with Crippen LogP contribution in [0.3, 0.4) is 0 Å². The zero-order chi connectivity index (χ0) is 49.9. The molecule has 0 aliphatic carbocycles. The summed E-state index contributed by atoms with van der Waals surface area (Å²) in [5.41, 5.74) is 0.712. The third-order valence-corrected chi connectivity index (χ3v) is 10.2. The number of aryl methyl sites for hydroxylation is 2. The van der Waals surface area contributed by atoms with Crippen LogP contribution in [0.2, 0.25) is 0 Å². The monoisotopic (exact) mass is 994 g/mol. The number of oxazole rings is 2. The van der Waals surface area contributed by atoms with Crippen molar-refractivity contribution in [3.8, 4) is 58.5 Å². The molecule has 4 aromatic carbocycles. The van der Waals surface area contributed by atoms with Crippen molar-refractivity contribution >= 4 is 49.7 Å². The predicted molar refractivity (Wildman–Crippen MR) is 260 cm³/mol. The molecule has 0 saturated heterocycles. The van der Waals surface area contributed by atoms with Crippen LogP contribution in [-0.4, -0.2) is 79.5 Å². The smallest absolute Gasteiger partial charge is 0.357 e. The van der Waals surface area contributed by atoms with Gasteiger partial charge >= 0.3 is 11.9 Å². The Morgan fingerprint density at radius 2 is 1.16 bits per heavy atom. The number of nitrogens with zero attached hydrogens (tertiary/aromatic N) is 6. The van der Waals surface area contributed by atoms with Crippen LogP contribution < -0.4 is 9.47 Å². The Hall–Kier alpha value is -7.96. The fraction of sp³-hybridized carbons (Fsp3) is 0.231. The maximum Gasteiger partial charge on any atom is 0.357 e. The van der Waals surface area contributed by atoms with E-state index in [9.17, 15) is 19.8 Å². The van der Waals surface area contributed by atoms with E-state index in [-0.39, 0.29) is 36.4 Å². The molecule has 0 aliphatic heterocycles. The molecule has 0 unspecified atom stereocenters. The summed E-state index contributed by atoms with van der Waals surface area (Å²) in [5, 5.41) is 21.3. The molecule has 8 aromatic rings. The highest BCUT2D eigenvalue weighted by Gasteiger charge is 2.27. The second-order valence-electron chi connectivity index (χ2n) is 15.2. The number of hydrogen-bond donors (Lipinski definition) is 2. The van der Waals surface area contributed by atoms with E-state index in [2.05, 4.69) is 63.6 Å². The number of hydrogen-bond acceptors (Lipinski definition) is 16. The van der Waals surface area contributed by atoms with Crippen LogP contribution in [-0.2, 0) is 20.7 Å². The molecule has 17 heteroatoms. The summed E-state index contributed by atoms with van der Waals surface area (Å²) in [6, 6.07) is 25.3. The van der Waals surface area contributed by atoms with Crippen molar-refractivity contribution in [2.45, 2.75) is 52.7 Å². The van der Waals surface area contributed by atoms with Crippen molar-refractivity contribution in [1.29, 1.82) is 0 Å². The number of esters is 2. The number of benzene rings is 4. The lowest BCUT2D eigenvalue weighted by atomic mass is 10.1. The minimum Gasteiger partial charge on any atom is -0.497 e. The van der Waals surface area contributed by atoms with Gasteiger partial charge in [-0.1, -0.05) is 58.0 Å². The average molecular weight is 996 g/mol. The van der Waals surface area contributed by atoms with Gasteiger partial charge in [0.2, 0.25) is 11.8 Å². The number of fused-ring (bicyclic) bond motifs is 2. The minimum absolute atomic E-state index is 0.125. The first-order chi connectivity index (χ1) is 33.0. The Morgan fingerprint density at radius 3 is 1.59 bits per heavy atom. The highest BCUT2D eigenvalue weighted by Crippen LogP contribution is 2.29. The van der Waals surface area contributed by atoms with E-state index in [4.69, 9.17) is 34.2 Å². The zero-order valence-corrected chi connectivity index (χ0v) is 40.5. The summed E-state index contributed by atoms with van der Waals surface area (Å²) in [7, 11) is 3.15. The summed E-state index contributed by atoms with van der Waals surface area (Å²) < 4.78 is 32.2. The van der Waals surface area contributed by atoms with Crippen molar-refractivity contribution in [2.75, 3.05) is 27.4 Å². The Balaban J connectivity index is 0.000000193. The molecular formula is C52H47BrN6O10. The topological polar surface area (TPSA) is 215 Å². The van der Waals surface area contributed by atoms with Crippen molar-refractivity contribution in [3.05, 3.63) is 142 Å². The Morgan fingerprint density at radius 1 is 0.681 bits per heavy atom. The van der Waals surface area contributed by atoms with Gasteiger partial charge in [0.05, 0.1) is 50.9 Å². The molecule has 352 valence electrons. The SMILES string of the molecule is C#C[C@](C)(O)c1ncc(C)o1.CCOC(=O)c1nc(-c2cccc(Br)c2)nc2cc(OC)ccc12.CCOC(=O)c1nc(-c2cccc(C#C[C@](C)(O)c3ncc(C)o3)c2)nc2cc(OC)ccc12. The number of methoxy groups -OCH3 is 2. The van der Waals surface area contributed by atoms with Gasteiger partial charge in [-0.05, 0) is 90.1 Å². The van der Waals surface area contributed by atoms with Crippen LogP contribution in [0.5, 0.6) is 11.5 Å². The Kier molecular flexibility index (Phi) is 16.3. The largest absolute Gasteiger partial charge is 0.497 e. The van der Waals surface area contributed by atoms with Crippen molar-refractivity contribution in [3.63, 3.8) is 0 Å². The molecule has 0 amide bonds. The van der Waals surface area contributed by atoms with Crippen LogP contribution in [0.4, 0.5) is 0 Å². The summed E-state index contributed by atoms with van der Waals surface area (Å²) >= 11 is 3.44. The van der Waals surface area contributed by atoms with Crippen molar-refractivity contribution in [1.82, 2.24) is 29.9 Å². The van der Waals surface area contributed by atoms with E-state index < -0.39 is 23.1 Å². The standard InChI is InChI=1S/C26H23N3O5.C18H15BrN2O3.C8H9NO2/c1-5-33-24(30)22-20-10-9-19(32-4)14-21(20)28-23(29-22)18-8-6-7-17(13-18)11-12-26(3,31)25-27-15-16(2)34-25;1-3-24-18(22)16-14-8-7-13(23-2)10-15(14)20-17(21-16)11-5-4-6-12(19)9-11;1-4-8(3,10)7-9-5-6(2)11-7/h6-10,13-15,31H,5H2,1-4H3;4-10H,3H2,1-2H3;1,5,10H,2-3H3/t26-;;8-/m0.0/s1. The van der Waals surface area contributed by atoms with Gasteiger partial charge in [0.25, 0.3) is 0 Å². The number of terminal acetylenes is 1. The van der Waals surface area contributed by atoms with Crippen molar-refractivity contribution < 1.29 is 47.6 Å². The third kappa shape index (κ3) is 12.5. The van der Waals surface area contributed by atoms with Gasteiger partial charge in [-0.2, -0.15) is 0 Å². The first-order valence-corrected chi connectivity index (χ1v) is 22.0. The van der Waals surface area contributed by atoms with Gasteiger partial charge < -0.3 is 38.0 Å². The summed E-state index contributed by atoms with van der Waals surface area (Å²) in [6.45, 7) is 10.5. The first-order valence-electron chi connectivity index (χ1n) is 21.2. The molecule has 69 heavy (non-hydrogen) atoms.